The number of amides is 1. The Kier molecular flexibility index (Phi) is 5.62. The van der Waals surface area contributed by atoms with E-state index in [9.17, 15) is 13.2 Å². The fourth-order valence-electron chi connectivity index (χ4n) is 2.63. The van der Waals surface area contributed by atoms with Crippen LogP contribution in [0.15, 0.2) is 59.6 Å². The van der Waals surface area contributed by atoms with Crippen LogP contribution in [0.2, 0.25) is 5.02 Å². The van der Waals surface area contributed by atoms with Crippen molar-refractivity contribution in [3.63, 3.8) is 0 Å². The molecule has 1 aromatic heterocycles. The first kappa shape index (κ1) is 19.1. The van der Waals surface area contributed by atoms with Crippen molar-refractivity contribution in [1.29, 1.82) is 0 Å². The number of hydrogen-bond donors (Lipinski definition) is 1. The van der Waals surface area contributed by atoms with E-state index < -0.39 is 15.7 Å². The van der Waals surface area contributed by atoms with Gasteiger partial charge in [0.1, 0.15) is 5.75 Å². The number of fused-ring (bicyclic) bond motifs is 1. The molecular formula is C19H17ClN2O4S. The molecule has 0 aliphatic rings. The first-order valence-electron chi connectivity index (χ1n) is 8.10. The zero-order chi connectivity index (χ0) is 19.4. The van der Waals surface area contributed by atoms with Crippen LogP contribution in [-0.2, 0) is 14.6 Å². The van der Waals surface area contributed by atoms with Gasteiger partial charge >= 0.3 is 0 Å². The van der Waals surface area contributed by atoms with Gasteiger partial charge in [-0.25, -0.2) is 8.42 Å². The average Bonchev–Trinajstić information content (AvgIpc) is 2.66. The maximum absolute atomic E-state index is 12.7. The lowest BCUT2D eigenvalue weighted by atomic mass is 10.2. The largest absolute Gasteiger partial charge is 0.495 e. The van der Waals surface area contributed by atoms with Gasteiger partial charge in [-0.3, -0.25) is 9.78 Å². The number of methoxy groups -OCH3 is 1. The van der Waals surface area contributed by atoms with Crippen LogP contribution in [0.3, 0.4) is 0 Å². The van der Waals surface area contributed by atoms with Crippen LogP contribution in [0.5, 0.6) is 5.75 Å². The molecule has 0 atom stereocenters. The second kappa shape index (κ2) is 7.94. The number of sulfone groups is 1. The van der Waals surface area contributed by atoms with Crippen LogP contribution in [0.25, 0.3) is 10.9 Å². The van der Waals surface area contributed by atoms with Crippen molar-refractivity contribution < 1.29 is 17.9 Å². The zero-order valence-electron chi connectivity index (χ0n) is 14.5. The molecular weight excluding hydrogens is 388 g/mol. The summed E-state index contributed by atoms with van der Waals surface area (Å²) in [7, 11) is -2.17. The molecule has 0 bridgehead atoms. The Hall–Kier alpha value is -2.64. The number of ether oxygens (including phenoxy) is 1. The number of aromatic nitrogens is 1. The van der Waals surface area contributed by atoms with Gasteiger partial charge in [0.05, 0.1) is 28.3 Å². The van der Waals surface area contributed by atoms with Crippen LogP contribution in [-0.4, -0.2) is 32.2 Å². The van der Waals surface area contributed by atoms with Crippen LogP contribution >= 0.6 is 11.6 Å². The summed E-state index contributed by atoms with van der Waals surface area (Å²) in [5.74, 6) is -0.257. The Balaban J connectivity index is 1.71. The van der Waals surface area contributed by atoms with Gasteiger partial charge in [-0.15, -0.1) is 0 Å². The number of nitrogens with one attached hydrogen (secondary N) is 1. The molecule has 1 N–H and O–H groups in total. The number of anilines is 1. The van der Waals surface area contributed by atoms with E-state index in [1.165, 1.54) is 13.2 Å². The monoisotopic (exact) mass is 404 g/mol. The quantitative estimate of drug-likeness (QED) is 0.677. The fourth-order valence-corrected chi connectivity index (χ4v) is 4.31. The Morgan fingerprint density at radius 2 is 1.96 bits per heavy atom. The number of pyridine rings is 1. The molecule has 3 aromatic rings. The van der Waals surface area contributed by atoms with Gasteiger partial charge in [0.15, 0.2) is 9.84 Å². The predicted octanol–water partition coefficient (Wildman–Crippen LogP) is 3.70. The second-order valence-corrected chi connectivity index (χ2v) is 8.28. The molecule has 0 unspecified atom stereocenters. The molecule has 0 saturated carbocycles. The number of rotatable bonds is 6. The molecule has 0 saturated heterocycles. The molecule has 0 radical (unpaired) electrons. The highest BCUT2D eigenvalue weighted by Crippen LogP contribution is 2.27. The lowest BCUT2D eigenvalue weighted by Gasteiger charge is -2.09. The predicted molar refractivity (Wildman–Crippen MR) is 105 cm³/mol. The first-order chi connectivity index (χ1) is 12.9. The van der Waals surface area contributed by atoms with E-state index in [2.05, 4.69) is 10.3 Å². The smallest absolute Gasteiger partial charge is 0.225 e. The van der Waals surface area contributed by atoms with Gasteiger partial charge in [0.2, 0.25) is 5.91 Å². The fraction of sp³-hybridized carbons (Fsp3) is 0.158. The molecule has 0 aliphatic heterocycles. The zero-order valence-corrected chi connectivity index (χ0v) is 16.0. The van der Waals surface area contributed by atoms with E-state index in [0.29, 0.717) is 22.0 Å². The Labute approximate surface area is 162 Å². The van der Waals surface area contributed by atoms with E-state index in [1.54, 1.807) is 48.7 Å². The number of hydrogen-bond acceptors (Lipinski definition) is 5. The summed E-state index contributed by atoms with van der Waals surface area (Å²) in [6.07, 6.45) is 1.36. The third kappa shape index (κ3) is 4.37. The van der Waals surface area contributed by atoms with Crippen LogP contribution in [0, 0.1) is 0 Å². The topological polar surface area (TPSA) is 85.4 Å². The van der Waals surface area contributed by atoms with Gasteiger partial charge in [0, 0.05) is 23.7 Å². The van der Waals surface area contributed by atoms with Crippen molar-refractivity contribution in [3.8, 4) is 5.75 Å². The summed E-state index contributed by atoms with van der Waals surface area (Å²) in [6, 6.07) is 13.3. The maximum Gasteiger partial charge on any atom is 0.225 e. The normalized spacial score (nSPS) is 11.3. The molecule has 0 aliphatic carbocycles. The molecule has 3 rings (SSSR count). The highest BCUT2D eigenvalue weighted by Gasteiger charge is 2.20. The highest BCUT2D eigenvalue weighted by atomic mass is 35.5. The minimum atomic E-state index is -3.66. The third-order valence-electron chi connectivity index (χ3n) is 3.96. The third-order valence-corrected chi connectivity index (χ3v) is 6.00. The summed E-state index contributed by atoms with van der Waals surface area (Å²) >= 11 is 6.02. The summed E-state index contributed by atoms with van der Waals surface area (Å²) < 4.78 is 30.4. The molecule has 1 heterocycles. The highest BCUT2D eigenvalue weighted by molar-refractivity contribution is 7.91. The van der Waals surface area contributed by atoms with Gasteiger partial charge in [-0.2, -0.15) is 0 Å². The van der Waals surface area contributed by atoms with Crippen LogP contribution in [0.4, 0.5) is 5.69 Å². The summed E-state index contributed by atoms with van der Waals surface area (Å²) in [4.78, 5) is 16.4. The SMILES string of the molecule is COc1ccc(NC(=O)CCS(=O)(=O)c2cccc3cccnc23)cc1Cl. The summed E-state index contributed by atoms with van der Waals surface area (Å²) in [6.45, 7) is 0. The Morgan fingerprint density at radius 3 is 2.70 bits per heavy atom. The molecule has 140 valence electrons. The van der Waals surface area contributed by atoms with E-state index >= 15 is 0 Å². The Morgan fingerprint density at radius 1 is 1.19 bits per heavy atom. The second-order valence-electron chi connectivity index (χ2n) is 5.80. The van der Waals surface area contributed by atoms with Crippen LogP contribution in [0.1, 0.15) is 6.42 Å². The number of para-hydroxylation sites is 1. The van der Waals surface area contributed by atoms with E-state index in [4.69, 9.17) is 16.3 Å². The van der Waals surface area contributed by atoms with E-state index in [-0.39, 0.29) is 17.1 Å². The number of carbonyl (C=O) groups is 1. The van der Waals surface area contributed by atoms with Gasteiger partial charge in [0.25, 0.3) is 0 Å². The van der Waals surface area contributed by atoms with E-state index in [0.717, 1.165) is 5.39 Å². The number of benzene rings is 2. The van der Waals surface area contributed by atoms with Crippen molar-refractivity contribution in [2.45, 2.75) is 11.3 Å². The van der Waals surface area contributed by atoms with E-state index in [1.807, 2.05) is 0 Å². The van der Waals surface area contributed by atoms with Crippen LogP contribution < -0.4 is 10.1 Å². The standard InChI is InChI=1S/C19H17ClN2O4S/c1-26-16-8-7-14(12-15(16)20)22-18(23)9-11-27(24,25)17-6-2-4-13-5-3-10-21-19(13)17/h2-8,10,12H,9,11H2,1H3,(H,22,23). The molecule has 1 amide bonds. The van der Waals surface area contributed by atoms with Gasteiger partial charge in [-0.1, -0.05) is 29.8 Å². The molecule has 6 nitrogen and oxygen atoms in total. The lowest BCUT2D eigenvalue weighted by molar-refractivity contribution is -0.115. The average molecular weight is 405 g/mol. The van der Waals surface area contributed by atoms with Crippen molar-refractivity contribution in [3.05, 3.63) is 59.8 Å². The Bertz CT molecular complexity index is 1090. The molecule has 0 fully saturated rings. The molecule has 0 spiro atoms. The van der Waals surface area contributed by atoms with Gasteiger partial charge in [-0.05, 0) is 30.3 Å². The minimum Gasteiger partial charge on any atom is -0.495 e. The minimum absolute atomic E-state index is 0.126. The van der Waals surface area contributed by atoms with Crippen molar-refractivity contribution in [2.24, 2.45) is 0 Å². The summed E-state index contributed by atoms with van der Waals surface area (Å²) in [5, 5.41) is 3.72. The first-order valence-corrected chi connectivity index (χ1v) is 10.1. The lowest BCUT2D eigenvalue weighted by Crippen LogP contribution is -2.17. The van der Waals surface area contributed by atoms with Crippen molar-refractivity contribution in [1.82, 2.24) is 4.98 Å². The number of carbonyl (C=O) groups excluding carboxylic acids is 1. The molecule has 8 heteroatoms. The molecule has 27 heavy (non-hydrogen) atoms. The van der Waals surface area contributed by atoms with Gasteiger partial charge < -0.3 is 10.1 Å². The van der Waals surface area contributed by atoms with Crippen molar-refractivity contribution in [2.75, 3.05) is 18.2 Å². The van der Waals surface area contributed by atoms with Crippen molar-refractivity contribution >= 4 is 43.9 Å². The molecule has 2 aromatic carbocycles. The summed E-state index contributed by atoms with van der Waals surface area (Å²) in [5.41, 5.74) is 0.873. The number of nitrogens with zero attached hydrogens (tertiary/aromatic N) is 1. The number of halogens is 1. The maximum atomic E-state index is 12.7.